The third-order valence-corrected chi connectivity index (χ3v) is 2.80. The van der Waals surface area contributed by atoms with Crippen LogP contribution in [-0.4, -0.2) is 42.1 Å². The highest BCUT2D eigenvalue weighted by molar-refractivity contribution is 5.95. The molecule has 1 heterocycles. The number of nitrogens with zero attached hydrogens (tertiary/aromatic N) is 2. The number of halogens is 1. The molecule has 0 aromatic carbocycles. The molecule has 1 aromatic rings. The Labute approximate surface area is 111 Å². The molecule has 0 saturated carbocycles. The molecular weight excluding hydrogens is 251 g/mol. The second kappa shape index (κ2) is 7.01. The van der Waals surface area contributed by atoms with Gasteiger partial charge in [-0.15, -0.1) is 0 Å². The van der Waals surface area contributed by atoms with E-state index < -0.39 is 11.7 Å². The Hall–Kier alpha value is -1.73. The van der Waals surface area contributed by atoms with Gasteiger partial charge in [-0.2, -0.15) is 0 Å². The number of carbonyl (C=O) groups excluding carboxylic acids is 1. The molecule has 0 bridgehead atoms. The number of rotatable bonds is 6. The van der Waals surface area contributed by atoms with Crippen LogP contribution in [0.5, 0.6) is 0 Å². The number of likely N-dealkylation sites (N-methyl/N-ethyl adjacent to an activating group) is 1. The molecule has 0 radical (unpaired) electrons. The number of aromatic nitrogens is 1. The van der Waals surface area contributed by atoms with Crippen molar-refractivity contribution in [3.8, 4) is 0 Å². The predicted molar refractivity (Wildman–Crippen MR) is 70.1 cm³/mol. The van der Waals surface area contributed by atoms with Crippen molar-refractivity contribution in [2.75, 3.05) is 25.7 Å². The summed E-state index contributed by atoms with van der Waals surface area (Å²) in [6.45, 7) is 4.50. The number of carbonyl (C=O) groups is 1. The van der Waals surface area contributed by atoms with Crippen molar-refractivity contribution < 1.29 is 13.9 Å². The summed E-state index contributed by atoms with van der Waals surface area (Å²) in [6, 6.07) is 1.19. The van der Waals surface area contributed by atoms with Crippen molar-refractivity contribution in [3.63, 3.8) is 0 Å². The van der Waals surface area contributed by atoms with E-state index in [9.17, 15) is 9.18 Å². The van der Waals surface area contributed by atoms with Gasteiger partial charge in [-0.25, -0.2) is 15.2 Å². The van der Waals surface area contributed by atoms with Gasteiger partial charge in [0.1, 0.15) is 0 Å². The van der Waals surface area contributed by atoms with Crippen molar-refractivity contribution in [1.82, 2.24) is 9.88 Å². The summed E-state index contributed by atoms with van der Waals surface area (Å²) in [4.78, 5) is 17.5. The number of hydrogen-bond donors (Lipinski definition) is 2. The highest BCUT2D eigenvalue weighted by Gasteiger charge is 2.24. The van der Waals surface area contributed by atoms with Gasteiger partial charge in [0.15, 0.2) is 11.6 Å². The molecule has 0 aliphatic carbocycles. The molecule has 3 N–H and O–H groups in total. The Kier molecular flexibility index (Phi) is 5.65. The molecule has 106 valence electrons. The lowest BCUT2D eigenvalue weighted by molar-refractivity contribution is 0.0575. The van der Waals surface area contributed by atoms with Gasteiger partial charge in [0, 0.05) is 19.9 Å². The van der Waals surface area contributed by atoms with E-state index in [1.54, 1.807) is 7.11 Å². The average Bonchev–Trinajstić information content (AvgIpc) is 2.40. The molecule has 6 nitrogen and oxygen atoms in total. The first-order chi connectivity index (χ1) is 9.06. The predicted octanol–water partition coefficient (Wildman–Crippen LogP) is 1.00. The number of methoxy groups -OCH3 is 1. The van der Waals surface area contributed by atoms with Crippen LogP contribution < -0.4 is 11.3 Å². The van der Waals surface area contributed by atoms with E-state index in [2.05, 4.69) is 10.4 Å². The van der Waals surface area contributed by atoms with Crippen LogP contribution in [0.15, 0.2) is 12.3 Å². The van der Waals surface area contributed by atoms with Crippen LogP contribution in [0.1, 0.15) is 24.2 Å². The first-order valence-electron chi connectivity index (χ1n) is 5.97. The van der Waals surface area contributed by atoms with E-state index in [1.807, 2.05) is 13.8 Å². The second-order valence-corrected chi connectivity index (χ2v) is 4.06. The number of ether oxygens (including phenoxy) is 1. The lowest BCUT2D eigenvalue weighted by Crippen LogP contribution is -2.41. The van der Waals surface area contributed by atoms with Gasteiger partial charge in [0.05, 0.1) is 18.2 Å². The molecule has 0 saturated heterocycles. The van der Waals surface area contributed by atoms with Crippen LogP contribution in [0.25, 0.3) is 0 Å². The Balaban J connectivity index is 3.04. The number of nitrogens with one attached hydrogen (secondary N) is 1. The van der Waals surface area contributed by atoms with Crippen LogP contribution in [-0.2, 0) is 4.74 Å². The number of hydrazine groups is 1. The normalized spacial score (nSPS) is 12.1. The van der Waals surface area contributed by atoms with Gasteiger partial charge >= 0.3 is 0 Å². The first kappa shape index (κ1) is 15.3. The van der Waals surface area contributed by atoms with E-state index in [0.717, 1.165) is 0 Å². The van der Waals surface area contributed by atoms with Crippen LogP contribution in [0.3, 0.4) is 0 Å². The van der Waals surface area contributed by atoms with Gasteiger partial charge in [0.25, 0.3) is 5.91 Å². The van der Waals surface area contributed by atoms with E-state index in [0.29, 0.717) is 13.2 Å². The SMILES string of the molecule is CCN(C(=O)c1ccnc(NN)c1F)C(C)COC. The zero-order chi connectivity index (χ0) is 14.4. The summed E-state index contributed by atoms with van der Waals surface area (Å²) in [5.74, 6) is 3.82. The zero-order valence-corrected chi connectivity index (χ0v) is 11.3. The van der Waals surface area contributed by atoms with Crippen molar-refractivity contribution in [2.45, 2.75) is 19.9 Å². The fraction of sp³-hybridized carbons (Fsp3) is 0.500. The molecule has 0 aliphatic heterocycles. The maximum atomic E-state index is 14.0. The van der Waals surface area contributed by atoms with E-state index in [-0.39, 0.29) is 17.4 Å². The van der Waals surface area contributed by atoms with Gasteiger partial charge in [-0.3, -0.25) is 4.79 Å². The summed E-state index contributed by atoms with van der Waals surface area (Å²) < 4.78 is 19.0. The molecule has 1 aromatic heterocycles. The van der Waals surface area contributed by atoms with Crippen LogP contribution in [0, 0.1) is 5.82 Å². The van der Waals surface area contributed by atoms with E-state index >= 15 is 0 Å². The van der Waals surface area contributed by atoms with Crippen molar-refractivity contribution in [2.24, 2.45) is 5.84 Å². The standard InChI is InChI=1S/C12H19FN4O2/c1-4-17(8(2)7-19-3)12(18)9-5-6-15-11(16-14)10(9)13/h5-6,8H,4,7,14H2,1-3H3,(H,15,16). The molecule has 19 heavy (non-hydrogen) atoms. The van der Waals surface area contributed by atoms with Crippen LogP contribution in [0.2, 0.25) is 0 Å². The van der Waals surface area contributed by atoms with E-state index in [4.69, 9.17) is 10.6 Å². The average molecular weight is 270 g/mol. The summed E-state index contributed by atoms with van der Waals surface area (Å²) in [7, 11) is 1.55. The third-order valence-electron chi connectivity index (χ3n) is 2.80. The van der Waals surface area contributed by atoms with Crippen LogP contribution in [0.4, 0.5) is 10.2 Å². The molecule has 0 spiro atoms. The van der Waals surface area contributed by atoms with E-state index in [1.165, 1.54) is 17.2 Å². The zero-order valence-electron chi connectivity index (χ0n) is 11.3. The highest BCUT2D eigenvalue weighted by Crippen LogP contribution is 2.17. The van der Waals surface area contributed by atoms with Crippen molar-refractivity contribution >= 4 is 11.7 Å². The quantitative estimate of drug-likeness (QED) is 0.595. The van der Waals surface area contributed by atoms with Gasteiger partial charge in [0.2, 0.25) is 0 Å². The topological polar surface area (TPSA) is 80.5 Å². The molecule has 1 atom stereocenters. The molecule has 0 fully saturated rings. The minimum atomic E-state index is -0.752. The Morgan fingerprint density at radius 3 is 2.89 bits per heavy atom. The van der Waals surface area contributed by atoms with Gasteiger partial charge < -0.3 is 15.1 Å². The van der Waals surface area contributed by atoms with Gasteiger partial charge in [-0.05, 0) is 19.9 Å². The number of anilines is 1. The maximum absolute atomic E-state index is 14.0. The highest BCUT2D eigenvalue weighted by atomic mass is 19.1. The minimum Gasteiger partial charge on any atom is -0.383 e. The molecule has 7 heteroatoms. The molecule has 1 amide bonds. The van der Waals surface area contributed by atoms with Gasteiger partial charge in [-0.1, -0.05) is 0 Å². The molecule has 1 unspecified atom stereocenters. The Morgan fingerprint density at radius 2 is 2.37 bits per heavy atom. The van der Waals surface area contributed by atoms with Crippen molar-refractivity contribution in [3.05, 3.63) is 23.6 Å². The van der Waals surface area contributed by atoms with Crippen molar-refractivity contribution in [1.29, 1.82) is 0 Å². The second-order valence-electron chi connectivity index (χ2n) is 4.06. The number of amides is 1. The number of nitrogen functional groups attached to an aromatic ring is 1. The molecule has 0 aliphatic rings. The summed E-state index contributed by atoms with van der Waals surface area (Å²) in [5, 5.41) is 0. The summed E-state index contributed by atoms with van der Waals surface area (Å²) >= 11 is 0. The lowest BCUT2D eigenvalue weighted by Gasteiger charge is -2.27. The largest absolute Gasteiger partial charge is 0.383 e. The fourth-order valence-electron chi connectivity index (χ4n) is 1.85. The smallest absolute Gasteiger partial charge is 0.257 e. The number of nitrogens with two attached hydrogens (primary N) is 1. The maximum Gasteiger partial charge on any atom is 0.257 e. The third kappa shape index (κ3) is 3.39. The fourth-order valence-corrected chi connectivity index (χ4v) is 1.85. The minimum absolute atomic E-state index is 0.0623. The van der Waals surface area contributed by atoms with Crippen LogP contribution >= 0.6 is 0 Å². The lowest BCUT2D eigenvalue weighted by atomic mass is 10.2. The molecule has 1 rings (SSSR count). The summed E-state index contributed by atoms with van der Waals surface area (Å²) in [6.07, 6.45) is 1.33. The number of hydrogen-bond acceptors (Lipinski definition) is 5. The Bertz CT molecular complexity index is 442. The number of pyridine rings is 1. The molecular formula is C12H19FN4O2. The monoisotopic (exact) mass is 270 g/mol. The summed E-state index contributed by atoms with van der Waals surface area (Å²) in [5.41, 5.74) is 2.06. The Morgan fingerprint density at radius 1 is 1.68 bits per heavy atom. The first-order valence-corrected chi connectivity index (χ1v) is 5.97.